The Labute approximate surface area is 116 Å². The SMILES string of the molecule is CC1COCCN1c1snc(N)c1-c1cccnc1. The van der Waals surface area contributed by atoms with Crippen molar-refractivity contribution in [2.75, 3.05) is 30.4 Å². The molecule has 0 aromatic carbocycles. The van der Waals surface area contributed by atoms with Gasteiger partial charge in [0.1, 0.15) is 10.8 Å². The minimum absolute atomic E-state index is 0.337. The summed E-state index contributed by atoms with van der Waals surface area (Å²) in [7, 11) is 0. The third kappa shape index (κ3) is 2.29. The molecule has 2 aromatic rings. The molecule has 6 heteroatoms. The molecule has 0 amide bonds. The first-order chi connectivity index (χ1) is 9.27. The van der Waals surface area contributed by atoms with Crippen LogP contribution >= 0.6 is 11.5 Å². The van der Waals surface area contributed by atoms with E-state index in [9.17, 15) is 0 Å². The topological polar surface area (TPSA) is 64.3 Å². The van der Waals surface area contributed by atoms with Crippen LogP contribution < -0.4 is 10.6 Å². The van der Waals surface area contributed by atoms with Crippen LogP contribution in [-0.4, -0.2) is 35.2 Å². The highest BCUT2D eigenvalue weighted by Gasteiger charge is 2.25. The Kier molecular flexibility index (Phi) is 3.35. The molecule has 0 radical (unpaired) electrons. The maximum absolute atomic E-state index is 6.04. The maximum Gasteiger partial charge on any atom is 0.147 e. The van der Waals surface area contributed by atoms with Crippen molar-refractivity contribution in [2.45, 2.75) is 13.0 Å². The van der Waals surface area contributed by atoms with Gasteiger partial charge >= 0.3 is 0 Å². The molecule has 1 aliphatic heterocycles. The van der Waals surface area contributed by atoms with Crippen molar-refractivity contribution in [2.24, 2.45) is 0 Å². The summed E-state index contributed by atoms with van der Waals surface area (Å²) in [6, 6.07) is 4.27. The van der Waals surface area contributed by atoms with E-state index in [1.807, 2.05) is 18.3 Å². The highest BCUT2D eigenvalue weighted by Crippen LogP contribution is 2.40. The van der Waals surface area contributed by atoms with Crippen LogP contribution in [-0.2, 0) is 4.74 Å². The summed E-state index contributed by atoms with van der Waals surface area (Å²) in [5.74, 6) is 0.576. The zero-order valence-electron chi connectivity index (χ0n) is 10.7. The lowest BCUT2D eigenvalue weighted by atomic mass is 10.1. The van der Waals surface area contributed by atoms with Crippen LogP contribution in [0.25, 0.3) is 11.1 Å². The van der Waals surface area contributed by atoms with Crippen LogP contribution in [0.1, 0.15) is 6.92 Å². The third-order valence-electron chi connectivity index (χ3n) is 3.28. The van der Waals surface area contributed by atoms with Crippen LogP contribution in [0.2, 0.25) is 0 Å². The summed E-state index contributed by atoms with van der Waals surface area (Å²) in [6.45, 7) is 4.51. The van der Waals surface area contributed by atoms with Gasteiger partial charge in [0.25, 0.3) is 0 Å². The van der Waals surface area contributed by atoms with Crippen molar-refractivity contribution >= 4 is 22.4 Å². The summed E-state index contributed by atoms with van der Waals surface area (Å²) in [5, 5.41) is 1.11. The predicted molar refractivity (Wildman–Crippen MR) is 77.4 cm³/mol. The molecule has 2 aromatic heterocycles. The van der Waals surface area contributed by atoms with Gasteiger partial charge in [-0.25, -0.2) is 0 Å². The minimum atomic E-state index is 0.337. The molecule has 3 heterocycles. The van der Waals surface area contributed by atoms with Crippen LogP contribution in [0.5, 0.6) is 0 Å². The second kappa shape index (κ2) is 5.14. The number of hydrogen-bond donors (Lipinski definition) is 1. The van der Waals surface area contributed by atoms with E-state index in [0.717, 1.165) is 35.9 Å². The number of pyridine rings is 1. The van der Waals surface area contributed by atoms with Gasteiger partial charge in [-0.15, -0.1) is 0 Å². The van der Waals surface area contributed by atoms with Crippen molar-refractivity contribution < 1.29 is 4.74 Å². The first-order valence-electron chi connectivity index (χ1n) is 6.27. The molecule has 0 saturated carbocycles. The van der Waals surface area contributed by atoms with E-state index in [2.05, 4.69) is 21.2 Å². The third-order valence-corrected chi connectivity index (χ3v) is 4.18. The van der Waals surface area contributed by atoms with Crippen molar-refractivity contribution in [3.05, 3.63) is 24.5 Å². The van der Waals surface area contributed by atoms with E-state index in [1.165, 1.54) is 11.5 Å². The van der Waals surface area contributed by atoms with Gasteiger partial charge in [0.05, 0.1) is 24.8 Å². The molecular weight excluding hydrogens is 260 g/mol. The van der Waals surface area contributed by atoms with Crippen molar-refractivity contribution in [1.82, 2.24) is 9.36 Å². The normalized spacial score (nSPS) is 19.6. The number of aromatic nitrogens is 2. The van der Waals surface area contributed by atoms with Crippen LogP contribution in [0.3, 0.4) is 0 Å². The number of ether oxygens (including phenoxy) is 1. The molecule has 0 bridgehead atoms. The second-order valence-electron chi connectivity index (χ2n) is 4.61. The monoisotopic (exact) mass is 276 g/mol. The van der Waals surface area contributed by atoms with Gasteiger partial charge in [-0.3, -0.25) is 4.98 Å². The molecular formula is C13H16N4OS. The fourth-order valence-electron chi connectivity index (χ4n) is 2.30. The number of nitrogen functional groups attached to an aromatic ring is 1. The van der Waals surface area contributed by atoms with Crippen LogP contribution in [0, 0.1) is 0 Å². The molecule has 0 aliphatic carbocycles. The molecule has 1 unspecified atom stereocenters. The molecule has 1 atom stereocenters. The van der Waals surface area contributed by atoms with Gasteiger partial charge in [-0.2, -0.15) is 4.37 Å². The predicted octanol–water partition coefficient (Wildman–Crippen LogP) is 2.01. The van der Waals surface area contributed by atoms with E-state index in [1.54, 1.807) is 6.20 Å². The van der Waals surface area contributed by atoms with Crippen molar-refractivity contribution in [3.63, 3.8) is 0 Å². The van der Waals surface area contributed by atoms with Crippen molar-refractivity contribution in [3.8, 4) is 11.1 Å². The Morgan fingerprint density at radius 2 is 2.42 bits per heavy atom. The van der Waals surface area contributed by atoms with E-state index < -0.39 is 0 Å². The lowest BCUT2D eigenvalue weighted by molar-refractivity contribution is 0.0993. The summed E-state index contributed by atoms with van der Waals surface area (Å²) < 4.78 is 9.80. The van der Waals surface area contributed by atoms with Crippen molar-refractivity contribution in [1.29, 1.82) is 0 Å². The minimum Gasteiger partial charge on any atom is -0.382 e. The molecule has 2 N–H and O–H groups in total. The second-order valence-corrected chi connectivity index (χ2v) is 5.36. The van der Waals surface area contributed by atoms with Gasteiger partial charge < -0.3 is 15.4 Å². The summed E-state index contributed by atoms with van der Waals surface area (Å²) in [6.07, 6.45) is 3.59. The largest absolute Gasteiger partial charge is 0.382 e. The van der Waals surface area contributed by atoms with Gasteiger partial charge in [-0.05, 0) is 24.5 Å². The number of nitrogens with zero attached hydrogens (tertiary/aromatic N) is 3. The fraction of sp³-hybridized carbons (Fsp3) is 0.385. The quantitative estimate of drug-likeness (QED) is 0.909. The highest BCUT2D eigenvalue weighted by atomic mass is 32.1. The average molecular weight is 276 g/mol. The highest BCUT2D eigenvalue weighted by molar-refractivity contribution is 7.11. The van der Waals surface area contributed by atoms with Gasteiger partial charge in [0, 0.05) is 24.5 Å². The Morgan fingerprint density at radius 1 is 1.53 bits per heavy atom. The van der Waals surface area contributed by atoms with Crippen LogP contribution in [0.15, 0.2) is 24.5 Å². The Bertz CT molecular complexity index is 557. The first kappa shape index (κ1) is 12.4. The number of rotatable bonds is 2. The van der Waals surface area contributed by atoms with Crippen LogP contribution in [0.4, 0.5) is 10.8 Å². The molecule has 3 rings (SSSR count). The number of anilines is 2. The Hall–Kier alpha value is -1.66. The zero-order chi connectivity index (χ0) is 13.2. The lowest BCUT2D eigenvalue weighted by Crippen LogP contribution is -2.43. The van der Waals surface area contributed by atoms with E-state index in [-0.39, 0.29) is 0 Å². The molecule has 19 heavy (non-hydrogen) atoms. The zero-order valence-corrected chi connectivity index (χ0v) is 11.6. The summed E-state index contributed by atoms with van der Waals surface area (Å²) in [5.41, 5.74) is 8.05. The summed E-state index contributed by atoms with van der Waals surface area (Å²) >= 11 is 1.45. The lowest BCUT2D eigenvalue weighted by Gasteiger charge is -2.34. The molecule has 1 aliphatic rings. The van der Waals surface area contributed by atoms with Gasteiger partial charge in [0.15, 0.2) is 0 Å². The number of nitrogens with two attached hydrogens (primary N) is 1. The fourth-order valence-corrected chi connectivity index (χ4v) is 3.27. The number of hydrogen-bond acceptors (Lipinski definition) is 6. The molecule has 1 fully saturated rings. The molecule has 5 nitrogen and oxygen atoms in total. The molecule has 0 spiro atoms. The average Bonchev–Trinajstić information content (AvgIpc) is 2.82. The molecule has 1 saturated heterocycles. The Balaban J connectivity index is 2.03. The number of morpholine rings is 1. The van der Waals surface area contributed by atoms with Gasteiger partial charge in [0.2, 0.25) is 0 Å². The Morgan fingerprint density at radius 3 is 3.16 bits per heavy atom. The van der Waals surface area contributed by atoms with E-state index in [4.69, 9.17) is 10.5 Å². The van der Waals surface area contributed by atoms with Gasteiger partial charge in [-0.1, -0.05) is 6.07 Å². The first-order valence-corrected chi connectivity index (χ1v) is 7.04. The summed E-state index contributed by atoms with van der Waals surface area (Å²) in [4.78, 5) is 6.48. The maximum atomic E-state index is 6.04. The van der Waals surface area contributed by atoms with E-state index >= 15 is 0 Å². The molecule has 100 valence electrons. The smallest absolute Gasteiger partial charge is 0.147 e. The standard InChI is InChI=1S/C13H16N4OS/c1-9-8-18-6-5-17(9)13-11(12(14)16-19-13)10-3-2-4-15-7-10/h2-4,7,9H,5-6,8H2,1H3,(H2,14,16). The van der Waals surface area contributed by atoms with E-state index in [0.29, 0.717) is 11.9 Å².